The first-order chi connectivity index (χ1) is 16.7. The molecule has 8 nitrogen and oxygen atoms in total. The van der Waals surface area contributed by atoms with Crippen LogP contribution >= 0.6 is 0 Å². The number of methoxy groups -OCH3 is 1. The van der Waals surface area contributed by atoms with Crippen LogP contribution in [0.2, 0.25) is 0 Å². The third-order valence-electron chi connectivity index (χ3n) is 8.61. The molecule has 4 aliphatic heterocycles. The lowest BCUT2D eigenvalue weighted by Crippen LogP contribution is -2.52. The number of hydrogen-bond donors (Lipinski definition) is 1. The number of ether oxygens (including phenoxy) is 5. The van der Waals surface area contributed by atoms with E-state index in [2.05, 4.69) is 11.0 Å². The fourth-order valence-corrected chi connectivity index (χ4v) is 7.06. The molecular formula is C27H35NO7. The predicted molar refractivity (Wildman–Crippen MR) is 126 cm³/mol. The van der Waals surface area contributed by atoms with Crippen molar-refractivity contribution in [1.29, 1.82) is 0 Å². The molecule has 5 aliphatic rings. The molecule has 5 atom stereocenters. The van der Waals surface area contributed by atoms with E-state index in [9.17, 15) is 9.90 Å². The van der Waals surface area contributed by atoms with Crippen molar-refractivity contribution in [3.05, 3.63) is 35.1 Å². The second-order valence-corrected chi connectivity index (χ2v) is 11.4. The van der Waals surface area contributed by atoms with Gasteiger partial charge in [-0.1, -0.05) is 0 Å². The maximum Gasteiger partial charge on any atom is 0.338 e. The van der Waals surface area contributed by atoms with E-state index < -0.39 is 23.3 Å². The summed E-state index contributed by atoms with van der Waals surface area (Å²) in [4.78, 5) is 16.0. The van der Waals surface area contributed by atoms with Gasteiger partial charge < -0.3 is 28.8 Å². The maximum atomic E-state index is 13.7. The fraction of sp³-hybridized carbons (Fsp3) is 0.667. The highest BCUT2D eigenvalue weighted by molar-refractivity contribution is 5.80. The van der Waals surface area contributed by atoms with Crippen LogP contribution in [0.5, 0.6) is 11.5 Å². The van der Waals surface area contributed by atoms with E-state index in [-0.39, 0.29) is 24.3 Å². The van der Waals surface area contributed by atoms with Gasteiger partial charge in [-0.3, -0.25) is 4.90 Å². The van der Waals surface area contributed by atoms with Crippen molar-refractivity contribution in [3.8, 4) is 11.5 Å². The second kappa shape index (κ2) is 7.85. The molecule has 6 rings (SSSR count). The quantitative estimate of drug-likeness (QED) is 0.651. The minimum absolute atomic E-state index is 0.154. The number of aliphatic hydroxyl groups is 1. The zero-order valence-corrected chi connectivity index (χ0v) is 21.0. The Kier molecular flexibility index (Phi) is 5.19. The van der Waals surface area contributed by atoms with Crippen molar-refractivity contribution in [2.24, 2.45) is 0 Å². The van der Waals surface area contributed by atoms with Crippen LogP contribution in [0.25, 0.3) is 0 Å². The minimum atomic E-state index is -1.02. The molecule has 0 bridgehead atoms. The molecule has 8 heteroatoms. The van der Waals surface area contributed by atoms with Gasteiger partial charge >= 0.3 is 5.97 Å². The molecule has 4 heterocycles. The van der Waals surface area contributed by atoms with E-state index in [0.29, 0.717) is 30.2 Å². The first-order valence-electron chi connectivity index (χ1n) is 12.7. The zero-order chi connectivity index (χ0) is 24.6. The van der Waals surface area contributed by atoms with Crippen LogP contribution in [0.3, 0.4) is 0 Å². The largest absolute Gasteiger partial charge is 0.497 e. The van der Waals surface area contributed by atoms with E-state index in [0.717, 1.165) is 43.4 Å². The molecule has 2 fully saturated rings. The lowest BCUT2D eigenvalue weighted by Gasteiger charge is -2.43. The Labute approximate surface area is 206 Å². The number of carbonyl (C=O) groups excluding carboxylic acids is 1. The summed E-state index contributed by atoms with van der Waals surface area (Å²) in [5.74, 6) is 1.32. The summed E-state index contributed by atoms with van der Waals surface area (Å²) in [7, 11) is 1.63. The van der Waals surface area contributed by atoms with Crippen LogP contribution in [0.4, 0.5) is 0 Å². The van der Waals surface area contributed by atoms with Crippen molar-refractivity contribution >= 4 is 5.97 Å². The number of carbonyl (C=O) groups is 1. The zero-order valence-electron chi connectivity index (χ0n) is 21.0. The summed E-state index contributed by atoms with van der Waals surface area (Å²) in [6.07, 6.45) is 5.11. The van der Waals surface area contributed by atoms with E-state index >= 15 is 0 Å². The molecule has 1 spiro atoms. The third-order valence-corrected chi connectivity index (χ3v) is 8.61. The molecule has 0 aromatic heterocycles. The van der Waals surface area contributed by atoms with E-state index in [4.69, 9.17) is 23.7 Å². The van der Waals surface area contributed by atoms with Gasteiger partial charge in [0.1, 0.15) is 5.76 Å². The highest BCUT2D eigenvalue weighted by Crippen LogP contribution is 2.57. The summed E-state index contributed by atoms with van der Waals surface area (Å²) in [6.45, 7) is 7.38. The Hall–Kier alpha value is -2.29. The first kappa shape index (κ1) is 23.1. The molecular weight excluding hydrogens is 450 g/mol. The van der Waals surface area contributed by atoms with Gasteiger partial charge in [0.15, 0.2) is 23.2 Å². The lowest BCUT2D eigenvalue weighted by molar-refractivity contribution is -0.207. The van der Waals surface area contributed by atoms with Crippen molar-refractivity contribution in [3.63, 3.8) is 0 Å². The normalized spacial score (nSPS) is 37.1. The highest BCUT2D eigenvalue weighted by atomic mass is 16.7. The first-order valence-corrected chi connectivity index (χ1v) is 12.7. The Morgan fingerprint density at radius 3 is 2.54 bits per heavy atom. The van der Waals surface area contributed by atoms with Gasteiger partial charge in [0, 0.05) is 6.54 Å². The average Bonchev–Trinajstić information content (AvgIpc) is 3.48. The van der Waals surface area contributed by atoms with Crippen molar-refractivity contribution in [2.75, 3.05) is 27.0 Å². The molecule has 1 aliphatic carbocycles. The lowest BCUT2D eigenvalue weighted by atomic mass is 9.77. The van der Waals surface area contributed by atoms with Gasteiger partial charge in [0.25, 0.3) is 0 Å². The standard InChI is InChI=1S/C27H35NO7/c1-25(2)7-5-8-26(3,35-25)24(30)34-23-21(31-4)13-27-9-6-10-28(27)14-18(29)16-11-19-20(33-15-32-19)12-17(16)22(23)27/h11-13,18,22-23,29H,5-10,14-15H2,1-4H3/t18-,22+,23?,26?,27-/m0/s1. The number of esters is 1. The van der Waals surface area contributed by atoms with Crippen LogP contribution in [0.15, 0.2) is 24.0 Å². The minimum Gasteiger partial charge on any atom is -0.497 e. The van der Waals surface area contributed by atoms with Gasteiger partial charge in [-0.05, 0) is 88.8 Å². The molecule has 0 radical (unpaired) electrons. The summed E-state index contributed by atoms with van der Waals surface area (Å²) in [5.41, 5.74) is -0.108. The van der Waals surface area contributed by atoms with E-state index in [1.54, 1.807) is 7.11 Å². The van der Waals surface area contributed by atoms with Gasteiger partial charge in [-0.25, -0.2) is 4.79 Å². The van der Waals surface area contributed by atoms with Crippen LogP contribution in [0, 0.1) is 0 Å². The number of rotatable bonds is 3. The molecule has 1 aromatic rings. The monoisotopic (exact) mass is 485 g/mol. The van der Waals surface area contributed by atoms with Crippen molar-refractivity contribution in [2.45, 2.75) is 87.7 Å². The molecule has 1 N–H and O–H groups in total. The van der Waals surface area contributed by atoms with E-state index in [1.807, 2.05) is 32.9 Å². The van der Waals surface area contributed by atoms with E-state index in [1.165, 1.54) is 0 Å². The number of nitrogens with zero attached hydrogens (tertiary/aromatic N) is 1. The Morgan fingerprint density at radius 1 is 1.09 bits per heavy atom. The van der Waals surface area contributed by atoms with Crippen molar-refractivity contribution < 1.29 is 33.6 Å². The fourth-order valence-electron chi connectivity index (χ4n) is 7.06. The molecule has 2 saturated heterocycles. The Balaban J connectivity index is 1.43. The van der Waals surface area contributed by atoms with Gasteiger partial charge in [0.05, 0.1) is 30.3 Å². The van der Waals surface area contributed by atoms with Gasteiger partial charge in [-0.15, -0.1) is 0 Å². The molecule has 35 heavy (non-hydrogen) atoms. The van der Waals surface area contributed by atoms with Crippen molar-refractivity contribution in [1.82, 2.24) is 4.90 Å². The molecule has 1 aromatic carbocycles. The van der Waals surface area contributed by atoms with Crippen LogP contribution in [-0.2, 0) is 19.0 Å². The van der Waals surface area contributed by atoms with Gasteiger partial charge in [0.2, 0.25) is 6.79 Å². The number of β-amino-alcohol motifs (C(OH)–C–C–N with tert-alkyl or cyclic N) is 1. The summed E-state index contributed by atoms with van der Waals surface area (Å²) in [5, 5.41) is 11.2. The van der Waals surface area contributed by atoms with Crippen LogP contribution < -0.4 is 9.47 Å². The SMILES string of the molecule is COC1=C[C@]23CCCN2C[C@H](O)c2cc4c(cc2[C@@H]3C1OC(=O)C1(C)CCCC(C)(C)O1)OCO4. The second-order valence-electron chi connectivity index (χ2n) is 11.4. The summed E-state index contributed by atoms with van der Waals surface area (Å²) < 4.78 is 29.8. The molecule has 0 amide bonds. The smallest absolute Gasteiger partial charge is 0.338 e. The number of benzene rings is 1. The molecule has 190 valence electrons. The van der Waals surface area contributed by atoms with Gasteiger partial charge in [-0.2, -0.15) is 0 Å². The Morgan fingerprint density at radius 2 is 1.83 bits per heavy atom. The van der Waals surface area contributed by atoms with Crippen LogP contribution in [0.1, 0.15) is 76.0 Å². The Bertz CT molecular complexity index is 1080. The third kappa shape index (κ3) is 3.48. The molecule has 0 saturated carbocycles. The predicted octanol–water partition coefficient (Wildman–Crippen LogP) is 3.57. The topological polar surface area (TPSA) is 86.7 Å². The summed E-state index contributed by atoms with van der Waals surface area (Å²) >= 11 is 0. The van der Waals surface area contributed by atoms with Crippen LogP contribution in [-0.4, -0.2) is 65.8 Å². The number of hydrogen-bond acceptors (Lipinski definition) is 8. The number of fused-ring (bicyclic) bond motifs is 3. The highest BCUT2D eigenvalue weighted by Gasteiger charge is 2.60. The average molecular weight is 486 g/mol. The maximum absolute atomic E-state index is 13.7. The summed E-state index contributed by atoms with van der Waals surface area (Å²) in [6, 6.07) is 3.85. The molecule has 2 unspecified atom stereocenters. The number of aliphatic hydroxyl groups excluding tert-OH is 1.